The van der Waals surface area contributed by atoms with Crippen LogP contribution in [-0.4, -0.2) is 47.2 Å². The fourth-order valence-corrected chi connectivity index (χ4v) is 0.679. The smallest absolute Gasteiger partial charge is 0.303 e. The molecule has 0 saturated heterocycles. The van der Waals surface area contributed by atoms with Gasteiger partial charge in [-0.15, -0.1) is 0 Å². The van der Waals surface area contributed by atoms with E-state index in [9.17, 15) is 9.59 Å². The second-order valence-corrected chi connectivity index (χ2v) is 2.43. The number of amides is 1. The van der Waals surface area contributed by atoms with Crippen molar-refractivity contribution in [3.63, 3.8) is 0 Å². The van der Waals surface area contributed by atoms with Crippen LogP contribution in [0.4, 0.5) is 0 Å². The van der Waals surface area contributed by atoms with Crippen molar-refractivity contribution in [3.05, 3.63) is 0 Å². The lowest BCUT2D eigenvalue weighted by Gasteiger charge is -2.14. The normalized spacial score (nSPS) is 9.50. The van der Waals surface area contributed by atoms with Crippen LogP contribution in [0.15, 0.2) is 0 Å². The molecule has 0 fully saturated rings. The van der Waals surface area contributed by atoms with E-state index in [1.165, 1.54) is 11.9 Å². The van der Waals surface area contributed by atoms with Crippen LogP contribution in [0.5, 0.6) is 0 Å². The van der Waals surface area contributed by atoms with Gasteiger partial charge in [-0.2, -0.15) is 0 Å². The van der Waals surface area contributed by atoms with Crippen molar-refractivity contribution in [2.45, 2.75) is 12.8 Å². The van der Waals surface area contributed by atoms with Crippen LogP contribution in [-0.2, 0) is 9.59 Å². The molecule has 5 heteroatoms. The van der Waals surface area contributed by atoms with E-state index in [2.05, 4.69) is 0 Å². The Hall–Kier alpha value is -1.10. The number of nitrogens with zero attached hydrogens (tertiary/aromatic N) is 1. The summed E-state index contributed by atoms with van der Waals surface area (Å²) in [6.07, 6.45) is -0.166. The molecule has 12 heavy (non-hydrogen) atoms. The first-order valence-corrected chi connectivity index (χ1v) is 3.64. The molecule has 0 aromatic heterocycles. The highest BCUT2D eigenvalue weighted by Crippen LogP contribution is 1.94. The van der Waals surface area contributed by atoms with Gasteiger partial charge in [-0.3, -0.25) is 9.59 Å². The van der Waals surface area contributed by atoms with Gasteiger partial charge in [0.25, 0.3) is 0 Å². The molecule has 0 unspecified atom stereocenters. The molecular weight excluding hydrogens is 162 g/mol. The zero-order valence-electron chi connectivity index (χ0n) is 6.99. The molecular formula is C7H13NO4. The molecule has 0 aliphatic rings. The summed E-state index contributed by atoms with van der Waals surface area (Å²) >= 11 is 0. The number of carboxylic acids is 1. The lowest BCUT2D eigenvalue weighted by molar-refractivity contribution is -0.140. The van der Waals surface area contributed by atoms with Crippen molar-refractivity contribution >= 4 is 11.9 Å². The minimum atomic E-state index is -0.985. The Kier molecular flexibility index (Phi) is 5.03. The van der Waals surface area contributed by atoms with Gasteiger partial charge in [0.15, 0.2) is 0 Å². The Bertz CT molecular complexity index is 169. The fourth-order valence-electron chi connectivity index (χ4n) is 0.679. The van der Waals surface area contributed by atoms with E-state index in [1.807, 2.05) is 0 Å². The third-order valence-corrected chi connectivity index (χ3v) is 1.41. The summed E-state index contributed by atoms with van der Waals surface area (Å²) in [5.74, 6) is -1.24. The maximum Gasteiger partial charge on any atom is 0.303 e. The van der Waals surface area contributed by atoms with Gasteiger partial charge in [0.1, 0.15) is 0 Å². The predicted molar refractivity (Wildman–Crippen MR) is 41.6 cm³/mol. The van der Waals surface area contributed by atoms with Crippen molar-refractivity contribution in [2.24, 2.45) is 0 Å². The highest BCUT2D eigenvalue weighted by atomic mass is 16.4. The van der Waals surface area contributed by atoms with Crippen LogP contribution in [0.3, 0.4) is 0 Å². The van der Waals surface area contributed by atoms with Gasteiger partial charge in [0, 0.05) is 20.0 Å². The van der Waals surface area contributed by atoms with E-state index in [1.54, 1.807) is 0 Å². The summed E-state index contributed by atoms with van der Waals surface area (Å²) in [5, 5.41) is 16.7. The molecule has 0 rings (SSSR count). The van der Waals surface area contributed by atoms with Crippen LogP contribution < -0.4 is 0 Å². The number of carbonyl (C=O) groups excluding carboxylic acids is 1. The molecule has 0 atom stereocenters. The average Bonchev–Trinajstić information content (AvgIpc) is 2.00. The second kappa shape index (κ2) is 5.54. The van der Waals surface area contributed by atoms with Crippen LogP contribution in [0.1, 0.15) is 12.8 Å². The molecule has 0 aromatic carbocycles. The van der Waals surface area contributed by atoms with Crippen LogP contribution in [0.2, 0.25) is 0 Å². The first kappa shape index (κ1) is 10.9. The molecule has 0 aliphatic carbocycles. The van der Waals surface area contributed by atoms with Crippen LogP contribution in [0.25, 0.3) is 0 Å². The minimum absolute atomic E-state index is 0.00810. The van der Waals surface area contributed by atoms with Crippen molar-refractivity contribution in [1.29, 1.82) is 0 Å². The molecule has 0 aliphatic heterocycles. The fraction of sp³-hybridized carbons (Fsp3) is 0.714. The average molecular weight is 175 g/mol. The number of hydrogen-bond donors (Lipinski definition) is 2. The maximum atomic E-state index is 11.0. The summed E-state index contributed by atoms with van der Waals surface area (Å²) in [5.41, 5.74) is 0. The number of aliphatic hydroxyl groups excluding tert-OH is 1. The zero-order chi connectivity index (χ0) is 9.56. The van der Waals surface area contributed by atoms with Crippen molar-refractivity contribution < 1.29 is 19.8 Å². The molecule has 70 valence electrons. The van der Waals surface area contributed by atoms with E-state index in [0.717, 1.165) is 0 Å². The lowest BCUT2D eigenvalue weighted by Crippen LogP contribution is -2.29. The number of likely N-dealkylation sites (N-methyl/N-ethyl adjacent to an activating group) is 1. The standard InChI is InChI=1S/C7H13NO4/c1-8(4-5-9)6(10)2-3-7(11)12/h9H,2-5H2,1H3,(H,11,12). The lowest BCUT2D eigenvalue weighted by atomic mass is 10.3. The number of hydrogen-bond acceptors (Lipinski definition) is 3. The quantitative estimate of drug-likeness (QED) is 0.579. The Morgan fingerprint density at radius 3 is 2.33 bits per heavy atom. The van der Waals surface area contributed by atoms with E-state index < -0.39 is 5.97 Å². The maximum absolute atomic E-state index is 11.0. The molecule has 1 amide bonds. The number of carboxylic acid groups (broad SMARTS) is 1. The Balaban J connectivity index is 3.64. The van der Waals surface area contributed by atoms with E-state index in [0.29, 0.717) is 0 Å². The summed E-state index contributed by atoms with van der Waals surface area (Å²) in [6.45, 7) is 0.147. The van der Waals surface area contributed by atoms with Gasteiger partial charge in [0.05, 0.1) is 13.0 Å². The minimum Gasteiger partial charge on any atom is -0.481 e. The van der Waals surface area contributed by atoms with Gasteiger partial charge < -0.3 is 15.1 Å². The molecule has 0 aromatic rings. The van der Waals surface area contributed by atoms with Gasteiger partial charge in [-0.05, 0) is 0 Å². The topological polar surface area (TPSA) is 77.8 Å². The predicted octanol–water partition coefficient (Wildman–Crippen LogP) is -0.698. The number of aliphatic hydroxyl groups is 1. The molecule has 2 N–H and O–H groups in total. The third kappa shape index (κ3) is 4.68. The Morgan fingerprint density at radius 2 is 1.92 bits per heavy atom. The molecule has 0 saturated carbocycles. The Morgan fingerprint density at radius 1 is 1.33 bits per heavy atom. The molecule has 0 bridgehead atoms. The van der Waals surface area contributed by atoms with Gasteiger partial charge in [-0.1, -0.05) is 0 Å². The zero-order valence-corrected chi connectivity index (χ0v) is 6.99. The van der Waals surface area contributed by atoms with Crippen molar-refractivity contribution in [1.82, 2.24) is 4.90 Å². The summed E-state index contributed by atoms with van der Waals surface area (Å²) in [6, 6.07) is 0. The van der Waals surface area contributed by atoms with Gasteiger partial charge in [0.2, 0.25) is 5.91 Å². The van der Waals surface area contributed by atoms with Crippen LogP contribution >= 0.6 is 0 Å². The summed E-state index contributed by atoms with van der Waals surface area (Å²) in [4.78, 5) is 22.4. The second-order valence-electron chi connectivity index (χ2n) is 2.43. The molecule has 5 nitrogen and oxygen atoms in total. The first-order valence-electron chi connectivity index (χ1n) is 3.64. The van der Waals surface area contributed by atoms with Crippen molar-refractivity contribution in [3.8, 4) is 0 Å². The van der Waals surface area contributed by atoms with E-state index in [-0.39, 0.29) is 31.9 Å². The number of carbonyl (C=O) groups is 2. The van der Waals surface area contributed by atoms with Gasteiger partial charge in [-0.25, -0.2) is 0 Å². The highest BCUT2D eigenvalue weighted by molar-refractivity contribution is 5.80. The van der Waals surface area contributed by atoms with Crippen molar-refractivity contribution in [2.75, 3.05) is 20.2 Å². The molecule has 0 radical (unpaired) electrons. The monoisotopic (exact) mass is 175 g/mol. The Labute approximate surface area is 70.6 Å². The SMILES string of the molecule is CN(CCO)C(=O)CCC(=O)O. The number of aliphatic carboxylic acids is 1. The summed E-state index contributed by atoms with van der Waals surface area (Å²) < 4.78 is 0. The van der Waals surface area contributed by atoms with Crippen LogP contribution in [0, 0.1) is 0 Å². The highest BCUT2D eigenvalue weighted by Gasteiger charge is 2.09. The van der Waals surface area contributed by atoms with E-state index in [4.69, 9.17) is 10.2 Å². The third-order valence-electron chi connectivity index (χ3n) is 1.41. The number of rotatable bonds is 5. The largest absolute Gasteiger partial charge is 0.481 e. The molecule has 0 spiro atoms. The van der Waals surface area contributed by atoms with E-state index >= 15 is 0 Å². The van der Waals surface area contributed by atoms with Gasteiger partial charge >= 0.3 is 5.97 Å². The molecule has 0 heterocycles. The summed E-state index contributed by atoms with van der Waals surface area (Å²) in [7, 11) is 1.53. The first-order chi connectivity index (χ1) is 5.57.